The third kappa shape index (κ3) is 4.74. The number of carboxylic acid groups (broad SMARTS) is 1. The van der Waals surface area contributed by atoms with Gasteiger partial charge in [-0.1, -0.05) is 23.7 Å². The average Bonchev–Trinajstić information content (AvgIpc) is 3.49. The first-order valence-corrected chi connectivity index (χ1v) is 14.9. The van der Waals surface area contributed by atoms with Crippen LogP contribution in [0, 0.1) is 6.92 Å². The van der Waals surface area contributed by atoms with Crippen molar-refractivity contribution in [2.75, 3.05) is 44.3 Å². The number of rotatable bonds is 6. The molecule has 0 radical (unpaired) electrons. The van der Waals surface area contributed by atoms with Crippen LogP contribution in [0.2, 0.25) is 5.02 Å². The second-order valence-electron chi connectivity index (χ2n) is 10.7. The number of benzene rings is 2. The molecule has 9 nitrogen and oxygen atoms in total. The van der Waals surface area contributed by atoms with Gasteiger partial charge in [0.2, 0.25) is 0 Å². The Morgan fingerprint density at radius 1 is 1.12 bits per heavy atom. The number of pyridine rings is 1. The molecule has 11 heteroatoms. The Kier molecular flexibility index (Phi) is 6.66. The van der Waals surface area contributed by atoms with Crippen LogP contribution in [0.4, 0.5) is 5.82 Å². The topological polar surface area (TPSA) is 96.6 Å². The summed E-state index contributed by atoms with van der Waals surface area (Å²) in [6.07, 6.45) is 1.79. The smallest absolute Gasteiger partial charge is 0.307 e. The van der Waals surface area contributed by atoms with E-state index in [1.165, 1.54) is 0 Å². The summed E-state index contributed by atoms with van der Waals surface area (Å²) in [5, 5.41) is 17.0. The number of aryl methyl sites for hydroxylation is 2. The van der Waals surface area contributed by atoms with Crippen LogP contribution >= 0.6 is 22.9 Å². The highest BCUT2D eigenvalue weighted by Crippen LogP contribution is 2.41. The third-order valence-electron chi connectivity index (χ3n) is 8.13. The molecular formula is C30H29ClN6O3S. The average molecular weight is 589 g/mol. The number of thiazole rings is 1. The van der Waals surface area contributed by atoms with Gasteiger partial charge in [0.25, 0.3) is 0 Å². The zero-order valence-electron chi connectivity index (χ0n) is 22.8. The Bertz CT molecular complexity index is 1790. The van der Waals surface area contributed by atoms with E-state index < -0.39 is 5.97 Å². The number of ether oxygens (including phenoxy) is 1. The summed E-state index contributed by atoms with van der Waals surface area (Å²) in [6, 6.07) is 12.2. The van der Waals surface area contributed by atoms with Gasteiger partial charge >= 0.3 is 5.97 Å². The lowest BCUT2D eigenvalue weighted by Crippen LogP contribution is -2.56. The van der Waals surface area contributed by atoms with Crippen molar-refractivity contribution in [2.24, 2.45) is 7.05 Å². The summed E-state index contributed by atoms with van der Waals surface area (Å²) in [7, 11) is 1.93. The van der Waals surface area contributed by atoms with E-state index in [2.05, 4.69) is 15.9 Å². The van der Waals surface area contributed by atoms with Crippen molar-refractivity contribution in [2.45, 2.75) is 19.4 Å². The van der Waals surface area contributed by atoms with Gasteiger partial charge in [0.15, 0.2) is 11.5 Å². The standard InChI is InChI=1S/C30H29ClN6O3S/c1-17-11-24-27(26(22(17)13-25(38)39)18-3-5-20(31)6-4-18)41-30(33-24)19-12-23-28(32-14-19)35(2)34-29(23)37-9-7-36(8-10-37)21-15-40-16-21/h3-6,11-12,14,21H,7-10,13,15-16H2,1-2H3,(H,38,39). The molecule has 2 aliphatic rings. The van der Waals surface area contributed by atoms with Crippen molar-refractivity contribution in [3.8, 4) is 21.7 Å². The normalized spacial score (nSPS) is 16.5. The maximum absolute atomic E-state index is 11.8. The fourth-order valence-electron chi connectivity index (χ4n) is 5.87. The van der Waals surface area contributed by atoms with Crippen LogP contribution in [0.15, 0.2) is 42.6 Å². The predicted molar refractivity (Wildman–Crippen MR) is 162 cm³/mol. The molecule has 3 aromatic heterocycles. The second-order valence-corrected chi connectivity index (χ2v) is 12.2. The summed E-state index contributed by atoms with van der Waals surface area (Å²) in [5.41, 5.74) is 6.10. The monoisotopic (exact) mass is 588 g/mol. The molecule has 0 bridgehead atoms. The molecule has 2 saturated heterocycles. The Morgan fingerprint density at radius 3 is 2.56 bits per heavy atom. The lowest BCUT2D eigenvalue weighted by atomic mass is 9.93. The van der Waals surface area contributed by atoms with Gasteiger partial charge in [-0.15, -0.1) is 11.3 Å². The van der Waals surface area contributed by atoms with E-state index in [1.54, 1.807) is 11.3 Å². The molecule has 1 N–H and O–H groups in total. The number of carboxylic acids is 1. The molecule has 0 unspecified atom stereocenters. The summed E-state index contributed by atoms with van der Waals surface area (Å²) in [6.45, 7) is 7.40. The first-order valence-electron chi connectivity index (χ1n) is 13.7. The molecule has 210 valence electrons. The summed E-state index contributed by atoms with van der Waals surface area (Å²) < 4.78 is 8.19. The zero-order valence-corrected chi connectivity index (χ0v) is 24.4. The number of nitrogens with zero attached hydrogens (tertiary/aromatic N) is 6. The van der Waals surface area contributed by atoms with E-state index in [9.17, 15) is 9.90 Å². The predicted octanol–water partition coefficient (Wildman–Crippen LogP) is 5.02. The minimum Gasteiger partial charge on any atom is -0.481 e. The molecule has 0 aliphatic carbocycles. The van der Waals surface area contributed by atoms with E-state index in [4.69, 9.17) is 31.4 Å². The Labute approximate surface area is 245 Å². The highest BCUT2D eigenvalue weighted by Gasteiger charge is 2.30. The lowest BCUT2D eigenvalue weighted by molar-refractivity contribution is -0.136. The van der Waals surface area contributed by atoms with Crippen molar-refractivity contribution in [3.05, 3.63) is 58.7 Å². The van der Waals surface area contributed by atoms with E-state index in [0.29, 0.717) is 11.1 Å². The van der Waals surface area contributed by atoms with Gasteiger partial charge in [-0.2, -0.15) is 5.10 Å². The van der Waals surface area contributed by atoms with E-state index >= 15 is 0 Å². The van der Waals surface area contributed by atoms with Gasteiger partial charge in [-0.25, -0.2) is 14.6 Å². The Hall–Kier alpha value is -3.57. The van der Waals surface area contributed by atoms with Crippen LogP contribution < -0.4 is 4.90 Å². The van der Waals surface area contributed by atoms with Gasteiger partial charge < -0.3 is 14.7 Å². The number of aromatic nitrogens is 4. The van der Waals surface area contributed by atoms with Crippen LogP contribution in [0.3, 0.4) is 0 Å². The van der Waals surface area contributed by atoms with Gasteiger partial charge in [0.1, 0.15) is 5.01 Å². The molecule has 2 aromatic carbocycles. The van der Waals surface area contributed by atoms with Crippen LogP contribution in [-0.4, -0.2) is 81.2 Å². The number of piperazine rings is 1. The minimum atomic E-state index is -0.868. The van der Waals surface area contributed by atoms with Crippen molar-refractivity contribution in [1.29, 1.82) is 0 Å². The fourth-order valence-corrected chi connectivity index (χ4v) is 7.11. The van der Waals surface area contributed by atoms with Crippen molar-refractivity contribution in [1.82, 2.24) is 24.6 Å². The first kappa shape index (κ1) is 26.3. The quantitative estimate of drug-likeness (QED) is 0.295. The number of fused-ring (bicyclic) bond motifs is 2. The Morgan fingerprint density at radius 2 is 1.88 bits per heavy atom. The molecular weight excluding hydrogens is 560 g/mol. The summed E-state index contributed by atoms with van der Waals surface area (Å²) >= 11 is 7.74. The largest absolute Gasteiger partial charge is 0.481 e. The van der Waals surface area contributed by atoms with Gasteiger partial charge in [0, 0.05) is 55.6 Å². The van der Waals surface area contributed by atoms with E-state index in [0.717, 1.165) is 99.3 Å². The zero-order chi connectivity index (χ0) is 28.2. The maximum atomic E-state index is 11.8. The number of aliphatic carboxylic acids is 1. The van der Waals surface area contributed by atoms with E-state index in [-0.39, 0.29) is 6.42 Å². The van der Waals surface area contributed by atoms with Crippen LogP contribution in [0.5, 0.6) is 0 Å². The van der Waals surface area contributed by atoms with Crippen molar-refractivity contribution < 1.29 is 14.6 Å². The van der Waals surface area contributed by atoms with Crippen LogP contribution in [-0.2, 0) is 23.0 Å². The van der Waals surface area contributed by atoms with E-state index in [1.807, 2.05) is 55.2 Å². The van der Waals surface area contributed by atoms with Crippen molar-refractivity contribution in [3.63, 3.8) is 0 Å². The van der Waals surface area contributed by atoms with Gasteiger partial charge in [-0.05, 0) is 47.9 Å². The number of halogens is 1. The van der Waals surface area contributed by atoms with Crippen LogP contribution in [0.25, 0.3) is 42.9 Å². The molecule has 2 aliphatic heterocycles. The van der Waals surface area contributed by atoms with Gasteiger partial charge in [0.05, 0.1) is 41.3 Å². The molecule has 5 heterocycles. The molecule has 7 rings (SSSR count). The minimum absolute atomic E-state index is 0.0689. The number of hydrogen-bond donors (Lipinski definition) is 1. The molecule has 2 fully saturated rings. The van der Waals surface area contributed by atoms with Crippen LogP contribution in [0.1, 0.15) is 11.1 Å². The molecule has 0 atom stereocenters. The maximum Gasteiger partial charge on any atom is 0.307 e. The number of hydrogen-bond acceptors (Lipinski definition) is 8. The third-order valence-corrected chi connectivity index (χ3v) is 9.52. The first-order chi connectivity index (χ1) is 19.9. The lowest BCUT2D eigenvalue weighted by Gasteiger charge is -2.42. The molecule has 0 saturated carbocycles. The summed E-state index contributed by atoms with van der Waals surface area (Å²) in [5.74, 6) is 0.0805. The second kappa shape index (κ2) is 10.4. The number of carbonyl (C=O) groups is 1. The fraction of sp³-hybridized carbons (Fsp3) is 0.333. The van der Waals surface area contributed by atoms with Crippen molar-refractivity contribution >= 4 is 56.0 Å². The molecule has 0 spiro atoms. The SMILES string of the molecule is Cc1cc2nc(-c3cnc4c(c3)c(N3CCN(C5COC5)CC3)nn4C)sc2c(-c2ccc(Cl)cc2)c1CC(=O)O. The highest BCUT2D eigenvalue weighted by atomic mass is 35.5. The highest BCUT2D eigenvalue weighted by molar-refractivity contribution is 7.22. The molecule has 0 amide bonds. The number of anilines is 1. The molecule has 41 heavy (non-hydrogen) atoms. The summed E-state index contributed by atoms with van der Waals surface area (Å²) in [4.78, 5) is 26.5. The van der Waals surface area contributed by atoms with Gasteiger partial charge in [-0.3, -0.25) is 9.69 Å². The molecule has 5 aromatic rings. The Balaban J connectivity index is 1.30.